The fourth-order valence-corrected chi connectivity index (χ4v) is 1.41. The highest BCUT2D eigenvalue weighted by Gasteiger charge is 2.09. The highest BCUT2D eigenvalue weighted by molar-refractivity contribution is 5.70. The van der Waals surface area contributed by atoms with E-state index in [-0.39, 0.29) is 6.42 Å². The van der Waals surface area contributed by atoms with Gasteiger partial charge in [0.15, 0.2) is 0 Å². The number of carboxylic acids is 1. The lowest BCUT2D eigenvalue weighted by molar-refractivity contribution is -0.136. The van der Waals surface area contributed by atoms with E-state index in [1.54, 1.807) is 30.5 Å². The number of hydrogen-bond donors (Lipinski definition) is 1. The summed E-state index contributed by atoms with van der Waals surface area (Å²) in [7, 11) is 0. The van der Waals surface area contributed by atoms with Crippen molar-refractivity contribution in [3.05, 3.63) is 54.4 Å². The largest absolute Gasteiger partial charge is 0.481 e. The Hall–Kier alpha value is -2.36. The minimum absolute atomic E-state index is 0.150. The van der Waals surface area contributed by atoms with Crippen molar-refractivity contribution in [1.82, 2.24) is 4.98 Å². The fourth-order valence-electron chi connectivity index (χ4n) is 1.41. The predicted octanol–water partition coefficient (Wildman–Crippen LogP) is 2.50. The van der Waals surface area contributed by atoms with Gasteiger partial charge in [-0.25, -0.2) is 0 Å². The number of hydrogen-bond acceptors (Lipinski definition) is 3. The Morgan fingerprint density at radius 3 is 2.65 bits per heavy atom. The summed E-state index contributed by atoms with van der Waals surface area (Å²) in [4.78, 5) is 14.7. The molecular weight excluding hydrogens is 218 g/mol. The number of rotatable bonds is 4. The molecule has 2 rings (SSSR count). The summed E-state index contributed by atoms with van der Waals surface area (Å²) in [5.41, 5.74) is 0.420. The molecule has 0 radical (unpaired) electrons. The second kappa shape index (κ2) is 5.12. The zero-order chi connectivity index (χ0) is 12.1. The Balaban J connectivity index is 2.23. The van der Waals surface area contributed by atoms with Gasteiger partial charge in [-0.1, -0.05) is 18.2 Å². The minimum Gasteiger partial charge on any atom is -0.481 e. The van der Waals surface area contributed by atoms with Crippen LogP contribution in [0.25, 0.3) is 0 Å². The van der Waals surface area contributed by atoms with Gasteiger partial charge in [0.05, 0.1) is 12.1 Å². The van der Waals surface area contributed by atoms with Crippen LogP contribution in [0.2, 0.25) is 0 Å². The molecule has 0 fully saturated rings. The van der Waals surface area contributed by atoms with Crippen LogP contribution in [0.15, 0.2) is 48.7 Å². The van der Waals surface area contributed by atoms with Gasteiger partial charge in [-0.05, 0) is 24.3 Å². The van der Waals surface area contributed by atoms with Gasteiger partial charge in [-0.15, -0.1) is 0 Å². The molecule has 0 aliphatic heterocycles. The van der Waals surface area contributed by atoms with Gasteiger partial charge in [-0.3, -0.25) is 9.78 Å². The summed E-state index contributed by atoms with van der Waals surface area (Å²) in [6.45, 7) is 0. The van der Waals surface area contributed by atoms with Crippen LogP contribution in [-0.4, -0.2) is 16.1 Å². The summed E-state index contributed by atoms with van der Waals surface area (Å²) in [5, 5.41) is 8.76. The number of aromatic nitrogens is 1. The maximum Gasteiger partial charge on any atom is 0.309 e. The average Bonchev–Trinajstić information content (AvgIpc) is 2.32. The standard InChI is InChI=1S/C13H11NO3/c15-13(16)9-11-12(7-4-8-14-11)17-10-5-2-1-3-6-10/h1-8H,9H2,(H,15,16). The first-order chi connectivity index (χ1) is 8.25. The Morgan fingerprint density at radius 1 is 1.18 bits per heavy atom. The van der Waals surface area contributed by atoms with Gasteiger partial charge >= 0.3 is 5.97 Å². The van der Waals surface area contributed by atoms with E-state index < -0.39 is 5.97 Å². The van der Waals surface area contributed by atoms with E-state index in [2.05, 4.69) is 4.98 Å². The highest BCUT2D eigenvalue weighted by atomic mass is 16.5. The molecule has 4 nitrogen and oxygen atoms in total. The molecule has 0 aliphatic carbocycles. The second-order valence-electron chi connectivity index (χ2n) is 3.43. The number of ether oxygens (including phenoxy) is 1. The summed E-state index contributed by atoms with van der Waals surface area (Å²) < 4.78 is 5.58. The first-order valence-electron chi connectivity index (χ1n) is 5.14. The number of benzene rings is 1. The van der Waals surface area contributed by atoms with E-state index in [9.17, 15) is 4.79 Å². The van der Waals surface area contributed by atoms with Crippen LogP contribution in [0, 0.1) is 0 Å². The fraction of sp³-hybridized carbons (Fsp3) is 0.0769. The molecular formula is C13H11NO3. The van der Waals surface area contributed by atoms with E-state index in [1.807, 2.05) is 18.2 Å². The lowest BCUT2D eigenvalue weighted by atomic mass is 10.2. The zero-order valence-electron chi connectivity index (χ0n) is 9.04. The Kier molecular flexibility index (Phi) is 3.35. The molecule has 0 unspecified atom stereocenters. The first-order valence-corrected chi connectivity index (χ1v) is 5.14. The SMILES string of the molecule is O=C(O)Cc1ncccc1Oc1ccccc1. The normalized spacial score (nSPS) is 9.88. The topological polar surface area (TPSA) is 59.4 Å². The second-order valence-corrected chi connectivity index (χ2v) is 3.43. The summed E-state index contributed by atoms with van der Waals surface area (Å²) >= 11 is 0. The minimum atomic E-state index is -0.929. The van der Waals surface area contributed by atoms with Gasteiger partial charge < -0.3 is 9.84 Å². The van der Waals surface area contributed by atoms with E-state index in [0.717, 1.165) is 0 Å². The third-order valence-electron chi connectivity index (χ3n) is 2.14. The molecule has 4 heteroatoms. The van der Waals surface area contributed by atoms with Crippen molar-refractivity contribution in [2.75, 3.05) is 0 Å². The van der Waals surface area contributed by atoms with Crippen LogP contribution in [0.4, 0.5) is 0 Å². The third-order valence-corrected chi connectivity index (χ3v) is 2.14. The summed E-state index contributed by atoms with van der Waals surface area (Å²) in [6.07, 6.45) is 1.40. The van der Waals surface area contributed by atoms with Crippen LogP contribution in [0.3, 0.4) is 0 Å². The Morgan fingerprint density at radius 2 is 1.94 bits per heavy atom. The maximum atomic E-state index is 10.7. The smallest absolute Gasteiger partial charge is 0.309 e. The van der Waals surface area contributed by atoms with Crippen molar-refractivity contribution in [3.63, 3.8) is 0 Å². The first kappa shape index (κ1) is 11.1. The molecule has 0 spiro atoms. The molecule has 2 aromatic rings. The number of nitrogens with zero attached hydrogens (tertiary/aromatic N) is 1. The molecule has 1 N–H and O–H groups in total. The van der Waals surface area contributed by atoms with Crippen LogP contribution in [0.1, 0.15) is 5.69 Å². The Bertz CT molecular complexity index is 511. The van der Waals surface area contributed by atoms with Crippen molar-refractivity contribution in [3.8, 4) is 11.5 Å². The molecule has 17 heavy (non-hydrogen) atoms. The number of carbonyl (C=O) groups is 1. The van der Waals surface area contributed by atoms with E-state index in [0.29, 0.717) is 17.2 Å². The van der Waals surface area contributed by atoms with Gasteiger partial charge in [0.2, 0.25) is 0 Å². The highest BCUT2D eigenvalue weighted by Crippen LogP contribution is 2.23. The average molecular weight is 229 g/mol. The number of aliphatic carboxylic acids is 1. The lowest BCUT2D eigenvalue weighted by Crippen LogP contribution is -2.04. The van der Waals surface area contributed by atoms with Crippen molar-refractivity contribution in [2.45, 2.75) is 6.42 Å². The molecule has 1 heterocycles. The van der Waals surface area contributed by atoms with Crippen LogP contribution in [0.5, 0.6) is 11.5 Å². The zero-order valence-corrected chi connectivity index (χ0v) is 9.04. The molecule has 1 aromatic carbocycles. The van der Waals surface area contributed by atoms with Gasteiger partial charge in [0.1, 0.15) is 11.5 Å². The monoisotopic (exact) mass is 229 g/mol. The molecule has 0 atom stereocenters. The maximum absolute atomic E-state index is 10.7. The van der Waals surface area contributed by atoms with Crippen molar-refractivity contribution in [2.24, 2.45) is 0 Å². The summed E-state index contributed by atoms with van der Waals surface area (Å²) in [6, 6.07) is 12.6. The van der Waals surface area contributed by atoms with Crippen molar-refractivity contribution in [1.29, 1.82) is 0 Å². The lowest BCUT2D eigenvalue weighted by Gasteiger charge is -2.08. The molecule has 0 saturated heterocycles. The Labute approximate surface area is 98.5 Å². The van der Waals surface area contributed by atoms with Crippen LogP contribution >= 0.6 is 0 Å². The van der Waals surface area contributed by atoms with E-state index in [4.69, 9.17) is 9.84 Å². The predicted molar refractivity (Wildman–Crippen MR) is 62.1 cm³/mol. The van der Waals surface area contributed by atoms with Gasteiger partial charge in [0.25, 0.3) is 0 Å². The van der Waals surface area contributed by atoms with Gasteiger partial charge in [-0.2, -0.15) is 0 Å². The van der Waals surface area contributed by atoms with Crippen molar-refractivity contribution >= 4 is 5.97 Å². The van der Waals surface area contributed by atoms with E-state index in [1.165, 1.54) is 0 Å². The summed E-state index contributed by atoms with van der Waals surface area (Å²) in [5.74, 6) is 0.204. The van der Waals surface area contributed by atoms with Crippen LogP contribution in [-0.2, 0) is 11.2 Å². The molecule has 0 bridgehead atoms. The molecule has 1 aromatic heterocycles. The number of pyridine rings is 1. The third kappa shape index (κ3) is 3.04. The molecule has 86 valence electrons. The van der Waals surface area contributed by atoms with Crippen LogP contribution < -0.4 is 4.74 Å². The number of para-hydroxylation sites is 1. The quantitative estimate of drug-likeness (QED) is 0.875. The van der Waals surface area contributed by atoms with E-state index >= 15 is 0 Å². The number of carboxylic acid groups (broad SMARTS) is 1. The molecule has 0 aliphatic rings. The van der Waals surface area contributed by atoms with Gasteiger partial charge in [0, 0.05) is 6.20 Å². The van der Waals surface area contributed by atoms with Crippen molar-refractivity contribution < 1.29 is 14.6 Å². The molecule has 0 saturated carbocycles. The molecule has 0 amide bonds.